The normalized spacial score (nSPS) is 23.4. The monoisotopic (exact) mass is 276 g/mol. The SMILES string of the molecule is CCCNc1cccc(CN2CC(C)C(N(C)C)C2)n1. The van der Waals surface area contributed by atoms with Gasteiger partial charge in [-0.3, -0.25) is 4.90 Å². The molecule has 1 aromatic rings. The van der Waals surface area contributed by atoms with Gasteiger partial charge in [0.25, 0.3) is 0 Å². The summed E-state index contributed by atoms with van der Waals surface area (Å²) in [6, 6.07) is 6.94. The van der Waals surface area contributed by atoms with E-state index in [2.05, 4.69) is 55.2 Å². The van der Waals surface area contributed by atoms with Crippen LogP contribution in [0, 0.1) is 5.92 Å². The molecule has 112 valence electrons. The quantitative estimate of drug-likeness (QED) is 0.864. The van der Waals surface area contributed by atoms with Crippen LogP contribution in [0.1, 0.15) is 26.0 Å². The van der Waals surface area contributed by atoms with Crippen LogP contribution in [-0.4, -0.2) is 54.6 Å². The van der Waals surface area contributed by atoms with Gasteiger partial charge >= 0.3 is 0 Å². The van der Waals surface area contributed by atoms with Gasteiger partial charge in [0.1, 0.15) is 5.82 Å². The highest BCUT2D eigenvalue weighted by Gasteiger charge is 2.30. The van der Waals surface area contributed by atoms with E-state index in [0.717, 1.165) is 50.0 Å². The number of hydrogen-bond acceptors (Lipinski definition) is 4. The zero-order valence-electron chi connectivity index (χ0n) is 13.3. The van der Waals surface area contributed by atoms with E-state index in [4.69, 9.17) is 4.98 Å². The maximum Gasteiger partial charge on any atom is 0.126 e. The van der Waals surface area contributed by atoms with Crippen molar-refractivity contribution in [2.45, 2.75) is 32.9 Å². The lowest BCUT2D eigenvalue weighted by atomic mass is 10.1. The molecule has 20 heavy (non-hydrogen) atoms. The van der Waals surface area contributed by atoms with Gasteiger partial charge in [0.05, 0.1) is 5.69 Å². The molecular formula is C16H28N4. The minimum absolute atomic E-state index is 0.663. The Bertz CT molecular complexity index is 419. The van der Waals surface area contributed by atoms with Crippen molar-refractivity contribution >= 4 is 5.82 Å². The molecule has 1 fully saturated rings. The third-order valence-corrected chi connectivity index (χ3v) is 4.06. The fraction of sp³-hybridized carbons (Fsp3) is 0.688. The van der Waals surface area contributed by atoms with Gasteiger partial charge in [0.15, 0.2) is 0 Å². The van der Waals surface area contributed by atoms with E-state index in [1.807, 2.05) is 6.07 Å². The van der Waals surface area contributed by atoms with E-state index in [-0.39, 0.29) is 0 Å². The first-order chi connectivity index (χ1) is 9.60. The molecule has 2 atom stereocenters. The highest BCUT2D eigenvalue weighted by atomic mass is 15.2. The Morgan fingerprint density at radius 2 is 2.15 bits per heavy atom. The molecule has 0 spiro atoms. The molecule has 1 aliphatic heterocycles. The van der Waals surface area contributed by atoms with Crippen LogP contribution in [0.3, 0.4) is 0 Å². The Kier molecular flexibility index (Phi) is 5.38. The number of likely N-dealkylation sites (tertiary alicyclic amines) is 1. The van der Waals surface area contributed by atoms with E-state index in [1.54, 1.807) is 0 Å². The molecule has 1 aromatic heterocycles. The highest BCUT2D eigenvalue weighted by Crippen LogP contribution is 2.21. The van der Waals surface area contributed by atoms with Gasteiger partial charge in [-0.1, -0.05) is 19.9 Å². The van der Waals surface area contributed by atoms with Gasteiger partial charge in [0.2, 0.25) is 0 Å². The Morgan fingerprint density at radius 3 is 2.80 bits per heavy atom. The van der Waals surface area contributed by atoms with E-state index >= 15 is 0 Å². The summed E-state index contributed by atoms with van der Waals surface area (Å²) in [7, 11) is 4.36. The van der Waals surface area contributed by atoms with Gasteiger partial charge in [-0.25, -0.2) is 4.98 Å². The number of aromatic nitrogens is 1. The average molecular weight is 276 g/mol. The molecule has 0 radical (unpaired) electrons. The number of nitrogens with zero attached hydrogens (tertiary/aromatic N) is 3. The second kappa shape index (κ2) is 7.04. The molecule has 0 amide bonds. The van der Waals surface area contributed by atoms with Crippen molar-refractivity contribution in [3.8, 4) is 0 Å². The molecule has 4 heteroatoms. The van der Waals surface area contributed by atoms with Crippen LogP contribution in [0.25, 0.3) is 0 Å². The predicted octanol–water partition coefficient (Wildman–Crippen LogP) is 2.29. The van der Waals surface area contributed by atoms with E-state index in [0.29, 0.717) is 6.04 Å². The molecule has 0 saturated carbocycles. The zero-order valence-corrected chi connectivity index (χ0v) is 13.3. The van der Waals surface area contributed by atoms with Crippen molar-refractivity contribution in [1.29, 1.82) is 0 Å². The van der Waals surface area contributed by atoms with Crippen molar-refractivity contribution in [3.63, 3.8) is 0 Å². The number of likely N-dealkylation sites (N-methyl/N-ethyl adjacent to an activating group) is 1. The second-order valence-corrected chi connectivity index (χ2v) is 6.14. The summed E-state index contributed by atoms with van der Waals surface area (Å²) in [5.74, 6) is 1.73. The van der Waals surface area contributed by atoms with Crippen LogP contribution in [0.4, 0.5) is 5.82 Å². The number of anilines is 1. The molecule has 2 unspecified atom stereocenters. The molecule has 4 nitrogen and oxygen atoms in total. The Morgan fingerprint density at radius 1 is 1.35 bits per heavy atom. The lowest BCUT2D eigenvalue weighted by Gasteiger charge is -2.22. The van der Waals surface area contributed by atoms with Gasteiger partial charge < -0.3 is 10.2 Å². The van der Waals surface area contributed by atoms with Gasteiger partial charge in [-0.05, 0) is 38.6 Å². The third kappa shape index (κ3) is 3.93. The zero-order chi connectivity index (χ0) is 14.5. The molecule has 1 aliphatic rings. The molecule has 0 bridgehead atoms. The first-order valence-electron chi connectivity index (χ1n) is 7.68. The fourth-order valence-electron chi connectivity index (χ4n) is 3.00. The van der Waals surface area contributed by atoms with Crippen LogP contribution in [0.2, 0.25) is 0 Å². The minimum atomic E-state index is 0.663. The maximum atomic E-state index is 4.70. The largest absolute Gasteiger partial charge is 0.370 e. The summed E-state index contributed by atoms with van der Waals surface area (Å²) in [5.41, 5.74) is 1.16. The molecule has 2 rings (SSSR count). The summed E-state index contributed by atoms with van der Waals surface area (Å²) < 4.78 is 0. The van der Waals surface area contributed by atoms with Crippen molar-refractivity contribution in [2.75, 3.05) is 39.0 Å². The van der Waals surface area contributed by atoms with E-state index in [9.17, 15) is 0 Å². The number of nitrogens with one attached hydrogen (secondary N) is 1. The number of rotatable bonds is 6. The molecule has 1 saturated heterocycles. The molecule has 0 aromatic carbocycles. The van der Waals surface area contributed by atoms with Crippen LogP contribution < -0.4 is 5.32 Å². The van der Waals surface area contributed by atoms with Crippen molar-refractivity contribution in [1.82, 2.24) is 14.8 Å². The van der Waals surface area contributed by atoms with E-state index < -0.39 is 0 Å². The number of hydrogen-bond donors (Lipinski definition) is 1. The van der Waals surface area contributed by atoms with Gasteiger partial charge in [-0.15, -0.1) is 0 Å². The van der Waals surface area contributed by atoms with Crippen LogP contribution >= 0.6 is 0 Å². The summed E-state index contributed by atoms with van der Waals surface area (Å²) in [6.07, 6.45) is 1.13. The number of pyridine rings is 1. The topological polar surface area (TPSA) is 31.4 Å². The minimum Gasteiger partial charge on any atom is -0.370 e. The first kappa shape index (κ1) is 15.3. The summed E-state index contributed by atoms with van der Waals surface area (Å²) in [4.78, 5) is 9.56. The lowest BCUT2D eigenvalue weighted by molar-refractivity contribution is 0.249. The Labute approximate surface area is 123 Å². The van der Waals surface area contributed by atoms with Gasteiger partial charge in [-0.2, -0.15) is 0 Å². The highest BCUT2D eigenvalue weighted by molar-refractivity contribution is 5.35. The van der Waals surface area contributed by atoms with E-state index in [1.165, 1.54) is 0 Å². The third-order valence-electron chi connectivity index (χ3n) is 4.06. The summed E-state index contributed by atoms with van der Waals surface area (Å²) in [5, 5.41) is 3.36. The summed E-state index contributed by atoms with van der Waals surface area (Å²) >= 11 is 0. The Balaban J connectivity index is 1.93. The average Bonchev–Trinajstić information content (AvgIpc) is 2.78. The standard InChI is InChI=1S/C16H28N4/c1-5-9-17-16-8-6-7-14(18-16)11-20-10-13(2)15(12-20)19(3)4/h6-8,13,15H,5,9-12H2,1-4H3,(H,17,18). The molecular weight excluding hydrogens is 248 g/mol. The van der Waals surface area contributed by atoms with Gasteiger partial charge in [0, 0.05) is 32.2 Å². The molecule has 2 heterocycles. The smallest absolute Gasteiger partial charge is 0.126 e. The maximum absolute atomic E-state index is 4.70. The first-order valence-corrected chi connectivity index (χ1v) is 7.68. The Hall–Kier alpha value is -1.13. The second-order valence-electron chi connectivity index (χ2n) is 6.14. The lowest BCUT2D eigenvalue weighted by Crippen LogP contribution is -2.34. The van der Waals surface area contributed by atoms with Crippen LogP contribution in [-0.2, 0) is 6.54 Å². The summed E-state index contributed by atoms with van der Waals surface area (Å²) in [6.45, 7) is 8.76. The molecule has 0 aliphatic carbocycles. The fourth-order valence-corrected chi connectivity index (χ4v) is 3.00. The van der Waals surface area contributed by atoms with Crippen LogP contribution in [0.15, 0.2) is 18.2 Å². The van der Waals surface area contributed by atoms with Crippen molar-refractivity contribution in [3.05, 3.63) is 23.9 Å². The van der Waals surface area contributed by atoms with Crippen molar-refractivity contribution in [2.24, 2.45) is 5.92 Å². The molecule has 1 N–H and O–H groups in total. The van der Waals surface area contributed by atoms with Crippen LogP contribution in [0.5, 0.6) is 0 Å². The predicted molar refractivity (Wildman–Crippen MR) is 84.9 cm³/mol. The van der Waals surface area contributed by atoms with Crippen molar-refractivity contribution < 1.29 is 0 Å².